The van der Waals surface area contributed by atoms with E-state index in [1.165, 1.54) is 37.5 Å². The van der Waals surface area contributed by atoms with Crippen LogP contribution in [0.25, 0.3) is 5.57 Å². The molecule has 0 saturated carbocycles. The molecule has 1 aromatic heterocycles. The molecule has 0 radical (unpaired) electrons. The quantitative estimate of drug-likeness (QED) is 0.558. The van der Waals surface area contributed by atoms with E-state index in [9.17, 15) is 18.8 Å². The summed E-state index contributed by atoms with van der Waals surface area (Å²) >= 11 is 0. The Morgan fingerprint density at radius 2 is 1.83 bits per heavy atom. The number of carbonyl (C=O) groups is 3. The van der Waals surface area contributed by atoms with Crippen LogP contribution in [0.5, 0.6) is 0 Å². The average Bonchev–Trinajstić information content (AvgIpc) is 3.54. The number of amides is 2. The lowest BCUT2D eigenvalue weighted by Gasteiger charge is -2.21. The van der Waals surface area contributed by atoms with Crippen molar-refractivity contribution in [2.45, 2.75) is 25.8 Å². The van der Waals surface area contributed by atoms with Gasteiger partial charge in [0, 0.05) is 12.3 Å². The molecule has 8 heteroatoms. The molecule has 1 aliphatic heterocycles. The maximum atomic E-state index is 14.4. The van der Waals surface area contributed by atoms with E-state index in [0.717, 1.165) is 16.7 Å². The van der Waals surface area contributed by atoms with Gasteiger partial charge in [0.05, 0.1) is 32.9 Å². The molecule has 1 aromatic carbocycles. The number of ether oxygens (including phenoxy) is 2. The van der Waals surface area contributed by atoms with Crippen LogP contribution in [0.3, 0.4) is 0 Å². The normalized spacial score (nSPS) is 21.6. The second kappa shape index (κ2) is 9.11. The summed E-state index contributed by atoms with van der Waals surface area (Å²) in [6.45, 7) is 1.95. The molecule has 2 amide bonds. The first-order valence-electron chi connectivity index (χ1n) is 11.5. The smallest absolute Gasteiger partial charge is 0.261 e. The highest BCUT2D eigenvalue weighted by atomic mass is 19.1. The molecule has 3 aliphatic rings. The van der Waals surface area contributed by atoms with E-state index < -0.39 is 17.7 Å². The Morgan fingerprint density at radius 3 is 2.47 bits per heavy atom. The Bertz CT molecular complexity index is 1370. The summed E-state index contributed by atoms with van der Waals surface area (Å²) in [5.41, 5.74) is 3.71. The lowest BCUT2D eigenvalue weighted by Crippen LogP contribution is -2.31. The SMILES string of the molecule is COC1=CC(=CC2=C(C)C(C3CC(=O)N(Cc4ccco4)C3=O)c3cc(F)ccc32)C=C(OC)C1=O. The van der Waals surface area contributed by atoms with Crippen LogP contribution in [-0.2, 0) is 30.4 Å². The van der Waals surface area contributed by atoms with Gasteiger partial charge in [-0.3, -0.25) is 19.3 Å². The van der Waals surface area contributed by atoms with Crippen LogP contribution in [0, 0.1) is 11.7 Å². The van der Waals surface area contributed by atoms with Crippen LogP contribution in [0.4, 0.5) is 4.39 Å². The molecule has 1 fully saturated rings. The van der Waals surface area contributed by atoms with Crippen molar-refractivity contribution in [2.24, 2.45) is 5.92 Å². The van der Waals surface area contributed by atoms with Gasteiger partial charge in [-0.2, -0.15) is 0 Å². The molecule has 7 nitrogen and oxygen atoms in total. The summed E-state index contributed by atoms with van der Waals surface area (Å²) in [4.78, 5) is 39.8. The van der Waals surface area contributed by atoms with E-state index in [2.05, 4.69) is 0 Å². The van der Waals surface area contributed by atoms with Crippen LogP contribution in [0.1, 0.15) is 36.1 Å². The first kappa shape index (κ1) is 23.5. The largest absolute Gasteiger partial charge is 0.492 e. The minimum absolute atomic E-state index is 0.0251. The maximum Gasteiger partial charge on any atom is 0.261 e. The van der Waals surface area contributed by atoms with Crippen molar-refractivity contribution < 1.29 is 32.7 Å². The molecule has 2 aromatic rings. The summed E-state index contributed by atoms with van der Waals surface area (Å²) in [6.07, 6.45) is 6.59. The van der Waals surface area contributed by atoms with Crippen LogP contribution in [-0.4, -0.2) is 36.7 Å². The van der Waals surface area contributed by atoms with E-state index in [-0.39, 0.29) is 42.1 Å². The van der Waals surface area contributed by atoms with Crippen LogP contribution in [0.2, 0.25) is 0 Å². The topological polar surface area (TPSA) is 86.1 Å². The number of hydrogen-bond acceptors (Lipinski definition) is 6. The van der Waals surface area contributed by atoms with Gasteiger partial charge in [0.1, 0.15) is 11.6 Å². The molecule has 2 heterocycles. The van der Waals surface area contributed by atoms with Crippen molar-refractivity contribution in [3.05, 3.63) is 100 Å². The molecule has 0 bridgehead atoms. The van der Waals surface area contributed by atoms with Crippen LogP contribution in [0.15, 0.2) is 81.9 Å². The van der Waals surface area contributed by atoms with Crippen molar-refractivity contribution in [1.82, 2.24) is 4.90 Å². The van der Waals surface area contributed by atoms with Gasteiger partial charge in [0.25, 0.3) is 5.78 Å². The number of allylic oxidation sites excluding steroid dienone is 6. The zero-order valence-corrected chi connectivity index (χ0v) is 20.0. The van der Waals surface area contributed by atoms with Gasteiger partial charge in [0.2, 0.25) is 11.8 Å². The van der Waals surface area contributed by atoms with E-state index in [1.807, 2.05) is 13.0 Å². The molecular formula is C28H24FNO6. The zero-order valence-electron chi connectivity index (χ0n) is 20.0. The predicted octanol–water partition coefficient (Wildman–Crippen LogP) is 4.43. The summed E-state index contributed by atoms with van der Waals surface area (Å²) in [7, 11) is 2.82. The highest BCUT2D eigenvalue weighted by molar-refractivity contribution is 6.08. The Balaban J connectivity index is 1.56. The van der Waals surface area contributed by atoms with Crippen molar-refractivity contribution in [3.63, 3.8) is 0 Å². The fourth-order valence-electron chi connectivity index (χ4n) is 5.20. The van der Waals surface area contributed by atoms with Crippen molar-refractivity contribution in [2.75, 3.05) is 14.2 Å². The Kier molecular flexibility index (Phi) is 5.96. The number of Topliss-reactive ketones (excluding diaryl/α,β-unsaturated/α-hetero) is 1. The number of furan rings is 1. The molecular weight excluding hydrogens is 465 g/mol. The summed E-state index contributed by atoms with van der Waals surface area (Å²) in [5.74, 6) is -1.72. The van der Waals surface area contributed by atoms with Gasteiger partial charge in [-0.15, -0.1) is 0 Å². The summed E-state index contributed by atoms with van der Waals surface area (Å²) < 4.78 is 30.1. The van der Waals surface area contributed by atoms with Gasteiger partial charge >= 0.3 is 0 Å². The predicted molar refractivity (Wildman–Crippen MR) is 127 cm³/mol. The minimum Gasteiger partial charge on any atom is -0.492 e. The monoisotopic (exact) mass is 489 g/mol. The highest BCUT2D eigenvalue weighted by Gasteiger charge is 2.47. The third kappa shape index (κ3) is 3.88. The fourth-order valence-corrected chi connectivity index (χ4v) is 5.20. The standard InChI is InChI=1S/C28H24FNO6/c1-15-20(9-16-10-23(34-2)27(32)24(11-16)35-3)19-7-6-17(29)12-21(19)26(15)22-13-25(31)30(28(22)33)14-18-5-4-8-36-18/h4-12,22,26H,13-14H2,1-3H3. The number of hydrogen-bond donors (Lipinski definition) is 0. The maximum absolute atomic E-state index is 14.4. The van der Waals surface area contributed by atoms with Crippen molar-refractivity contribution >= 4 is 23.2 Å². The van der Waals surface area contributed by atoms with Gasteiger partial charge in [0.15, 0.2) is 11.5 Å². The number of halogens is 1. The number of carbonyl (C=O) groups excluding carboxylic acids is 3. The first-order valence-corrected chi connectivity index (χ1v) is 11.5. The number of likely N-dealkylation sites (tertiary alicyclic amines) is 1. The number of nitrogens with zero attached hydrogens (tertiary/aromatic N) is 1. The first-order chi connectivity index (χ1) is 17.3. The molecule has 5 rings (SSSR count). The van der Waals surface area contributed by atoms with Gasteiger partial charge in [-0.25, -0.2) is 4.39 Å². The second-order valence-electron chi connectivity index (χ2n) is 8.91. The zero-order chi connectivity index (χ0) is 25.6. The van der Waals surface area contributed by atoms with Crippen molar-refractivity contribution in [1.29, 1.82) is 0 Å². The molecule has 0 spiro atoms. The molecule has 36 heavy (non-hydrogen) atoms. The van der Waals surface area contributed by atoms with E-state index in [4.69, 9.17) is 13.9 Å². The summed E-state index contributed by atoms with van der Waals surface area (Å²) in [5, 5.41) is 0. The summed E-state index contributed by atoms with van der Waals surface area (Å²) in [6, 6.07) is 7.89. The molecule has 2 aliphatic carbocycles. The second-order valence-corrected chi connectivity index (χ2v) is 8.91. The Labute approximate surface area is 207 Å². The Morgan fingerprint density at radius 1 is 1.11 bits per heavy atom. The fraction of sp³-hybridized carbons (Fsp3) is 0.250. The number of fused-ring (bicyclic) bond motifs is 1. The lowest BCUT2D eigenvalue weighted by atomic mass is 9.82. The van der Waals surface area contributed by atoms with E-state index in [1.54, 1.807) is 30.4 Å². The van der Waals surface area contributed by atoms with E-state index in [0.29, 0.717) is 16.9 Å². The molecule has 2 atom stereocenters. The van der Waals surface area contributed by atoms with Gasteiger partial charge in [-0.1, -0.05) is 11.6 Å². The number of rotatable bonds is 6. The highest BCUT2D eigenvalue weighted by Crippen LogP contribution is 2.49. The molecule has 1 saturated heterocycles. The third-order valence-corrected chi connectivity index (χ3v) is 6.90. The number of imide groups is 1. The lowest BCUT2D eigenvalue weighted by molar-refractivity contribution is -0.140. The van der Waals surface area contributed by atoms with Crippen molar-refractivity contribution in [3.8, 4) is 0 Å². The van der Waals surface area contributed by atoms with Crippen LogP contribution >= 0.6 is 0 Å². The number of benzene rings is 1. The number of methoxy groups -OCH3 is 2. The third-order valence-electron chi connectivity index (χ3n) is 6.90. The Hall–Kier alpha value is -4.20. The van der Waals surface area contributed by atoms with E-state index >= 15 is 0 Å². The molecule has 184 valence electrons. The minimum atomic E-state index is -0.660. The van der Waals surface area contributed by atoms with Gasteiger partial charge in [-0.05, 0) is 71.7 Å². The van der Waals surface area contributed by atoms with Crippen LogP contribution < -0.4 is 0 Å². The number of ketones is 1. The van der Waals surface area contributed by atoms with Gasteiger partial charge < -0.3 is 13.9 Å². The molecule has 0 N–H and O–H groups in total. The average molecular weight is 489 g/mol. The molecule has 2 unspecified atom stereocenters.